The average molecular weight is 348 g/mol. The molecule has 0 bridgehead atoms. The van der Waals surface area contributed by atoms with Crippen LogP contribution in [0.4, 0.5) is 10.5 Å². The summed E-state index contributed by atoms with van der Waals surface area (Å²) in [7, 11) is 0. The van der Waals surface area contributed by atoms with Crippen LogP contribution in [0.5, 0.6) is 0 Å². The van der Waals surface area contributed by atoms with Crippen molar-refractivity contribution < 1.29 is 9.59 Å². The molecule has 0 radical (unpaired) electrons. The Kier molecular flexibility index (Phi) is 4.71. The molecule has 0 saturated carbocycles. The van der Waals surface area contributed by atoms with Gasteiger partial charge in [0.15, 0.2) is 0 Å². The molecule has 8 heteroatoms. The molecule has 3 rings (SSSR count). The van der Waals surface area contributed by atoms with E-state index < -0.39 is 6.04 Å². The van der Waals surface area contributed by atoms with Crippen LogP contribution < -0.4 is 10.6 Å². The summed E-state index contributed by atoms with van der Waals surface area (Å²) in [6.45, 7) is 2.82. The number of aromatic nitrogens is 2. The van der Waals surface area contributed by atoms with Crippen molar-refractivity contribution in [2.45, 2.75) is 19.4 Å². The second-order valence-electron chi connectivity index (χ2n) is 5.46. The van der Waals surface area contributed by atoms with Gasteiger partial charge in [-0.05, 0) is 18.6 Å². The number of benzene rings is 1. The largest absolute Gasteiger partial charge is 0.353 e. The van der Waals surface area contributed by atoms with Crippen molar-refractivity contribution in [2.24, 2.45) is 0 Å². The van der Waals surface area contributed by atoms with Gasteiger partial charge in [-0.15, -0.1) is 0 Å². The van der Waals surface area contributed by atoms with Crippen molar-refractivity contribution in [2.75, 3.05) is 18.4 Å². The normalized spacial score (nSPS) is 17.5. The summed E-state index contributed by atoms with van der Waals surface area (Å²) in [6, 6.07) is 6.55. The van der Waals surface area contributed by atoms with Crippen molar-refractivity contribution in [3.8, 4) is 5.69 Å². The molecule has 1 aliphatic heterocycles. The first-order valence-electron chi connectivity index (χ1n) is 7.75. The van der Waals surface area contributed by atoms with Crippen molar-refractivity contribution in [3.05, 3.63) is 41.7 Å². The summed E-state index contributed by atoms with van der Waals surface area (Å²) in [5.74, 6) is -0.120. The van der Waals surface area contributed by atoms with E-state index in [1.807, 2.05) is 25.1 Å². The highest BCUT2D eigenvalue weighted by Crippen LogP contribution is 2.21. The maximum Gasteiger partial charge on any atom is 0.322 e. The van der Waals surface area contributed by atoms with E-state index in [1.165, 1.54) is 0 Å². The SMILES string of the molecule is CCC1C(=O)NCCN1C(=O)Nc1cnn(-c2ccccc2Cl)c1. The molecular formula is C16H18ClN5O2. The fraction of sp³-hybridized carbons (Fsp3) is 0.312. The van der Waals surface area contributed by atoms with Gasteiger partial charge in [0, 0.05) is 13.1 Å². The lowest BCUT2D eigenvalue weighted by atomic mass is 10.1. The van der Waals surface area contributed by atoms with Crippen LogP contribution in [0, 0.1) is 0 Å². The van der Waals surface area contributed by atoms with Crippen LogP contribution in [0.25, 0.3) is 5.69 Å². The predicted octanol–water partition coefficient (Wildman–Crippen LogP) is 2.27. The van der Waals surface area contributed by atoms with Crippen LogP contribution >= 0.6 is 11.6 Å². The molecule has 1 aromatic heterocycles. The second-order valence-corrected chi connectivity index (χ2v) is 5.87. The van der Waals surface area contributed by atoms with E-state index in [0.29, 0.717) is 30.2 Å². The van der Waals surface area contributed by atoms with Gasteiger partial charge in [-0.25, -0.2) is 9.48 Å². The number of piperazine rings is 1. The van der Waals surface area contributed by atoms with E-state index in [9.17, 15) is 9.59 Å². The third kappa shape index (κ3) is 3.21. The summed E-state index contributed by atoms with van der Waals surface area (Å²) >= 11 is 6.15. The van der Waals surface area contributed by atoms with Gasteiger partial charge < -0.3 is 15.5 Å². The second kappa shape index (κ2) is 6.92. The molecule has 24 heavy (non-hydrogen) atoms. The Morgan fingerprint density at radius 2 is 2.25 bits per heavy atom. The number of urea groups is 1. The summed E-state index contributed by atoms with van der Waals surface area (Å²) < 4.78 is 1.60. The highest BCUT2D eigenvalue weighted by molar-refractivity contribution is 6.32. The molecule has 0 aliphatic carbocycles. The molecule has 3 amide bonds. The lowest BCUT2D eigenvalue weighted by Gasteiger charge is -2.34. The maximum atomic E-state index is 12.5. The topological polar surface area (TPSA) is 79.3 Å². The number of anilines is 1. The molecule has 1 aliphatic rings. The third-order valence-corrected chi connectivity index (χ3v) is 4.23. The fourth-order valence-corrected chi connectivity index (χ4v) is 2.94. The first-order chi connectivity index (χ1) is 11.6. The number of hydrogen-bond donors (Lipinski definition) is 2. The van der Waals surface area contributed by atoms with Crippen LogP contribution in [0.2, 0.25) is 5.02 Å². The molecule has 1 fully saturated rings. The number of halogens is 1. The van der Waals surface area contributed by atoms with Crippen molar-refractivity contribution in [1.29, 1.82) is 0 Å². The Hall–Kier alpha value is -2.54. The molecule has 2 N–H and O–H groups in total. The van der Waals surface area contributed by atoms with Crippen molar-refractivity contribution in [1.82, 2.24) is 20.0 Å². The van der Waals surface area contributed by atoms with Gasteiger partial charge in [0.1, 0.15) is 6.04 Å². The van der Waals surface area contributed by atoms with E-state index in [1.54, 1.807) is 28.0 Å². The number of carbonyl (C=O) groups is 2. The molecule has 126 valence electrons. The average Bonchev–Trinajstić information content (AvgIpc) is 3.03. The molecule has 7 nitrogen and oxygen atoms in total. The molecule has 1 unspecified atom stereocenters. The number of nitrogens with one attached hydrogen (secondary N) is 2. The highest BCUT2D eigenvalue weighted by atomic mass is 35.5. The van der Waals surface area contributed by atoms with Gasteiger partial charge in [0.25, 0.3) is 0 Å². The minimum Gasteiger partial charge on any atom is -0.353 e. The van der Waals surface area contributed by atoms with E-state index in [2.05, 4.69) is 15.7 Å². The fourth-order valence-electron chi connectivity index (χ4n) is 2.72. The molecular weight excluding hydrogens is 330 g/mol. The lowest BCUT2D eigenvalue weighted by Crippen LogP contribution is -2.57. The summed E-state index contributed by atoms with van der Waals surface area (Å²) in [6.07, 6.45) is 3.80. The zero-order valence-corrected chi connectivity index (χ0v) is 14.0. The van der Waals surface area contributed by atoms with Gasteiger partial charge in [0.05, 0.1) is 28.8 Å². The maximum absolute atomic E-state index is 12.5. The molecule has 1 atom stereocenters. The highest BCUT2D eigenvalue weighted by Gasteiger charge is 2.31. The summed E-state index contributed by atoms with van der Waals surface area (Å²) in [5.41, 5.74) is 1.27. The number of nitrogens with zero attached hydrogens (tertiary/aromatic N) is 3. The Morgan fingerprint density at radius 1 is 1.46 bits per heavy atom. The van der Waals surface area contributed by atoms with Gasteiger partial charge in [0.2, 0.25) is 5.91 Å². The van der Waals surface area contributed by atoms with Gasteiger partial charge in [-0.3, -0.25) is 4.79 Å². The number of amides is 3. The number of hydrogen-bond acceptors (Lipinski definition) is 3. The molecule has 1 aromatic carbocycles. The Morgan fingerprint density at radius 3 is 3.00 bits per heavy atom. The summed E-state index contributed by atoms with van der Waals surface area (Å²) in [5, 5.41) is 10.3. The van der Waals surface area contributed by atoms with E-state index in [-0.39, 0.29) is 11.9 Å². The molecule has 2 aromatic rings. The monoisotopic (exact) mass is 347 g/mol. The Bertz CT molecular complexity index is 760. The first kappa shape index (κ1) is 16.3. The van der Waals surface area contributed by atoms with Gasteiger partial charge in [-0.2, -0.15) is 5.10 Å². The zero-order valence-electron chi connectivity index (χ0n) is 13.2. The van der Waals surface area contributed by atoms with E-state index in [0.717, 1.165) is 5.69 Å². The van der Waals surface area contributed by atoms with Crippen LogP contribution in [0.3, 0.4) is 0 Å². The first-order valence-corrected chi connectivity index (χ1v) is 8.13. The van der Waals surface area contributed by atoms with Gasteiger partial charge >= 0.3 is 6.03 Å². The van der Waals surface area contributed by atoms with Crippen LogP contribution in [0.15, 0.2) is 36.7 Å². The van der Waals surface area contributed by atoms with Crippen LogP contribution in [-0.2, 0) is 4.79 Å². The molecule has 0 spiro atoms. The van der Waals surface area contributed by atoms with Crippen molar-refractivity contribution in [3.63, 3.8) is 0 Å². The third-order valence-electron chi connectivity index (χ3n) is 3.91. The zero-order chi connectivity index (χ0) is 17.1. The van der Waals surface area contributed by atoms with Crippen LogP contribution in [0.1, 0.15) is 13.3 Å². The number of para-hydroxylation sites is 1. The predicted molar refractivity (Wildman–Crippen MR) is 91.4 cm³/mol. The van der Waals surface area contributed by atoms with Crippen molar-refractivity contribution >= 4 is 29.2 Å². The Balaban J connectivity index is 1.74. The minimum atomic E-state index is -0.447. The quantitative estimate of drug-likeness (QED) is 0.893. The van der Waals surface area contributed by atoms with E-state index in [4.69, 9.17) is 11.6 Å². The van der Waals surface area contributed by atoms with Crippen LogP contribution in [-0.4, -0.2) is 45.8 Å². The van der Waals surface area contributed by atoms with E-state index >= 15 is 0 Å². The lowest BCUT2D eigenvalue weighted by molar-refractivity contribution is -0.127. The summed E-state index contributed by atoms with van der Waals surface area (Å²) in [4.78, 5) is 25.9. The number of carbonyl (C=O) groups excluding carboxylic acids is 2. The number of rotatable bonds is 3. The standard InChI is InChI=1S/C16H18ClN5O2/c1-2-13-15(23)18-7-8-21(13)16(24)20-11-9-19-22(10-11)14-6-4-3-5-12(14)17/h3-6,9-10,13H,2,7-8H2,1H3,(H,18,23)(H,20,24). The Labute approximate surface area is 144 Å². The molecule has 1 saturated heterocycles. The minimum absolute atomic E-state index is 0.120. The van der Waals surface area contributed by atoms with Gasteiger partial charge in [-0.1, -0.05) is 30.7 Å². The smallest absolute Gasteiger partial charge is 0.322 e. The molecule has 2 heterocycles.